The van der Waals surface area contributed by atoms with E-state index in [9.17, 15) is 0 Å². The molecule has 0 aromatic heterocycles. The molecule has 0 saturated carbocycles. The molecular weight excluding hydrogens is 951 g/mol. The second-order valence-electron chi connectivity index (χ2n) is 35.6. The minimum absolute atomic E-state index is 0.0382. The third-order valence-corrected chi connectivity index (χ3v) is 20.0. The normalized spacial score (nSPS) is 14.8. The molecule has 4 aromatic carbocycles. The lowest BCUT2D eigenvalue weighted by Gasteiger charge is -2.40. The molecule has 76 heavy (non-hydrogen) atoms. The zero-order valence-electron chi connectivity index (χ0n) is 56.5. The van der Waals surface area contributed by atoms with Gasteiger partial charge in [-0.25, -0.2) is 0 Å². The van der Waals surface area contributed by atoms with Crippen molar-refractivity contribution in [2.24, 2.45) is 0 Å². The fourth-order valence-electron chi connectivity index (χ4n) is 10.5. The quantitative estimate of drug-likeness (QED) is 0.141. The van der Waals surface area contributed by atoms with E-state index in [0.29, 0.717) is 0 Å². The topological polar surface area (TPSA) is 0 Å². The van der Waals surface area contributed by atoms with Gasteiger partial charge in [0.1, 0.15) is 0 Å². The fourth-order valence-corrected chi connectivity index (χ4v) is 17.0. The first-order valence-electron chi connectivity index (χ1n) is 29.2. The van der Waals surface area contributed by atoms with Crippen molar-refractivity contribution in [1.82, 2.24) is 0 Å². The first-order chi connectivity index (χ1) is 33.3. The van der Waals surface area contributed by atoms with Crippen molar-refractivity contribution in [3.05, 3.63) is 115 Å². The van der Waals surface area contributed by atoms with Gasteiger partial charge in [-0.1, -0.05) is 303 Å². The summed E-state index contributed by atoms with van der Waals surface area (Å²) in [7, 11) is -2.66. The van der Waals surface area contributed by atoms with Crippen molar-refractivity contribution in [3.63, 3.8) is 0 Å². The summed E-state index contributed by atoms with van der Waals surface area (Å²) in [6.45, 7) is 87.6. The van der Waals surface area contributed by atoms with Gasteiger partial charge in [-0.15, -0.1) is 0 Å². The smallest absolute Gasteiger partial charge is 0.0360 e. The highest BCUT2D eigenvalue weighted by Gasteiger charge is 2.41. The third-order valence-electron chi connectivity index (χ3n) is 15.5. The molecule has 1 atom stereocenters. The molecule has 0 amide bonds. The molecule has 0 bridgehead atoms. The fraction of sp³-hybridized carbons (Fsp3) is 0.649. The average molecular weight is 1070 g/mol. The van der Waals surface area contributed by atoms with Crippen LogP contribution >= 0.6 is 15.8 Å². The van der Waals surface area contributed by atoms with Crippen molar-refractivity contribution in [2.75, 3.05) is 0 Å². The van der Waals surface area contributed by atoms with Crippen LogP contribution < -0.4 is 21.2 Å². The summed E-state index contributed by atoms with van der Waals surface area (Å²) >= 11 is 0. The highest BCUT2D eigenvalue weighted by molar-refractivity contribution is 7.81. The van der Waals surface area contributed by atoms with Gasteiger partial charge in [0.05, 0.1) is 0 Å². The number of hydrogen-bond donors (Lipinski definition) is 0. The Hall–Kier alpha value is -2.70. The average Bonchev–Trinajstić information content (AvgIpc) is 3.16. The van der Waals surface area contributed by atoms with E-state index in [1.54, 1.807) is 0 Å². The van der Waals surface area contributed by atoms with Gasteiger partial charge in [0.2, 0.25) is 0 Å². The zero-order valence-corrected chi connectivity index (χ0v) is 58.3. The first-order valence-corrected chi connectivity index (χ1v) is 31.9. The van der Waals surface area contributed by atoms with Crippen molar-refractivity contribution in [3.8, 4) is 11.3 Å². The van der Waals surface area contributed by atoms with Crippen LogP contribution in [0.2, 0.25) is 0 Å². The Morgan fingerprint density at radius 3 is 0.579 bits per heavy atom. The molecule has 0 saturated heterocycles. The van der Waals surface area contributed by atoms with Gasteiger partial charge in [0.15, 0.2) is 0 Å². The molecule has 0 fully saturated rings. The van der Waals surface area contributed by atoms with Gasteiger partial charge >= 0.3 is 0 Å². The van der Waals surface area contributed by atoms with Gasteiger partial charge in [0.25, 0.3) is 0 Å². The van der Waals surface area contributed by atoms with Crippen molar-refractivity contribution in [2.45, 2.75) is 314 Å². The maximum absolute atomic E-state index is 4.64. The lowest BCUT2D eigenvalue weighted by Crippen LogP contribution is -2.38. The van der Waals surface area contributed by atoms with E-state index >= 15 is 0 Å². The predicted molar refractivity (Wildman–Crippen MR) is 350 cm³/mol. The summed E-state index contributed by atoms with van der Waals surface area (Å²) in [5.74, 6) is 0. The van der Waals surface area contributed by atoms with E-state index < -0.39 is 15.8 Å². The Kier molecular flexibility index (Phi) is 17.9. The molecule has 4 aromatic rings. The van der Waals surface area contributed by atoms with Crippen molar-refractivity contribution < 1.29 is 0 Å². The minimum atomic E-state index is -1.34. The highest BCUT2D eigenvalue weighted by Crippen LogP contribution is 2.52. The van der Waals surface area contributed by atoms with Crippen LogP contribution in [0.5, 0.6) is 0 Å². The van der Waals surface area contributed by atoms with Crippen LogP contribution in [0.25, 0.3) is 0 Å². The number of rotatable bonds is 4. The molecule has 2 heteroatoms. The van der Waals surface area contributed by atoms with E-state index in [0.717, 1.165) is 0 Å². The zero-order chi connectivity index (χ0) is 59.5. The second-order valence-corrected chi connectivity index (χ2v) is 39.2. The maximum Gasteiger partial charge on any atom is 0.0360 e. The Labute approximate surface area is 475 Å². The van der Waals surface area contributed by atoms with Crippen LogP contribution in [0, 0.1) is 11.3 Å². The van der Waals surface area contributed by atoms with Crippen LogP contribution in [0.3, 0.4) is 0 Å². The number of benzene rings is 4. The molecule has 0 aliphatic heterocycles. The van der Waals surface area contributed by atoms with Gasteiger partial charge in [0, 0.05) is 15.8 Å². The summed E-state index contributed by atoms with van der Waals surface area (Å²) in [4.78, 5) is 0. The maximum atomic E-state index is 4.64. The van der Waals surface area contributed by atoms with Gasteiger partial charge in [-0.05, 0) is 159 Å². The van der Waals surface area contributed by atoms with E-state index in [4.69, 9.17) is 0 Å². The van der Waals surface area contributed by atoms with Crippen LogP contribution in [-0.2, 0) is 65.0 Å². The van der Waals surface area contributed by atoms with Crippen LogP contribution in [0.15, 0.2) is 48.5 Å². The van der Waals surface area contributed by atoms with Gasteiger partial charge in [-0.3, -0.25) is 0 Å². The Balaban J connectivity index is 2.72. The molecule has 0 aliphatic rings. The highest BCUT2D eigenvalue weighted by atomic mass is 31.1. The molecule has 4 rings (SSSR count). The molecule has 0 spiro atoms. The van der Waals surface area contributed by atoms with E-state index in [-0.39, 0.29) is 65.0 Å². The van der Waals surface area contributed by atoms with Gasteiger partial charge < -0.3 is 0 Å². The van der Waals surface area contributed by atoms with Crippen molar-refractivity contribution >= 4 is 37.1 Å². The molecule has 1 unspecified atom stereocenters. The Bertz CT molecular complexity index is 2630. The first kappa shape index (κ1) is 65.8. The van der Waals surface area contributed by atoms with Gasteiger partial charge in [-0.2, -0.15) is 0 Å². The predicted octanol–water partition coefficient (Wildman–Crippen LogP) is 20.7. The van der Waals surface area contributed by atoms with Crippen molar-refractivity contribution in [1.29, 1.82) is 0 Å². The molecule has 0 nitrogen and oxygen atoms in total. The summed E-state index contributed by atoms with van der Waals surface area (Å²) in [5, 5.41) is 5.82. The lowest BCUT2D eigenvalue weighted by molar-refractivity contribution is 0.524. The molecular formula is C74H116P2. The number of hydrogen-bond acceptors (Lipinski definition) is 0. The Morgan fingerprint density at radius 1 is 0.197 bits per heavy atom. The summed E-state index contributed by atoms with van der Waals surface area (Å²) < 4.78 is 0. The summed E-state index contributed by atoms with van der Waals surface area (Å²) in [6, 6.07) is 21.0. The molecule has 422 valence electrons. The van der Waals surface area contributed by atoms with E-state index in [1.165, 1.54) is 88.0 Å². The molecule has 0 N–H and O–H groups in total. The van der Waals surface area contributed by atoms with Crippen LogP contribution in [-0.4, -0.2) is 0 Å². The Morgan fingerprint density at radius 2 is 0.382 bits per heavy atom. The summed E-state index contributed by atoms with van der Waals surface area (Å²) in [6.07, 6.45) is 0. The molecule has 0 aliphatic carbocycles. The monoisotopic (exact) mass is 1070 g/mol. The largest absolute Gasteiger partial charge is 0.0615 e. The third kappa shape index (κ3) is 14.8. The SMILES string of the molecule is CC(C)(C)c1cc(C(C)(C)C)c(P(C#CP(c2c(C(C)(C)C)cc(C(C)(C)C)cc2C(C)(C)C)c2c(C(C)(C)C)cc(C(C)(C)C)cc2C(C)(C)C)c2cc(C(C)(C)C)c(C(C)(C)C)cc2C(C)(C)C)c(C(C)(C)C)c1. The second kappa shape index (κ2) is 20.7. The van der Waals surface area contributed by atoms with E-state index in [2.05, 4.69) is 309 Å². The van der Waals surface area contributed by atoms with E-state index in [1.807, 2.05) is 0 Å². The lowest BCUT2D eigenvalue weighted by atomic mass is 9.72. The summed E-state index contributed by atoms with van der Waals surface area (Å²) in [5.41, 5.74) is 25.0. The molecule has 0 heterocycles. The standard InChI is InChI=1S/C74H116P2/c1-63(2,3)47-39-53(69(19,20)21)60(54(40-47)70(22,23)24)75(59-46-51(67(13,14)15)50(66(10,11)12)45-52(59)68(16,17)18)37-38-76(61-55(71(25,26)27)41-48(64(4,5)6)42-56(61)72(28,29)30)62-57(73(31,32)33)43-49(65(7,8)9)44-58(62)74(34,35)36/h39-46H,1-36H3. The molecule has 0 radical (unpaired) electrons. The minimum Gasteiger partial charge on any atom is -0.0615 e. The van der Waals surface area contributed by atoms with Crippen LogP contribution in [0.4, 0.5) is 0 Å². The van der Waals surface area contributed by atoms with Crippen LogP contribution in [0.1, 0.15) is 316 Å².